The lowest BCUT2D eigenvalue weighted by molar-refractivity contribution is -0.145. The summed E-state index contributed by atoms with van der Waals surface area (Å²) in [5.74, 6) is -0.537. The molecule has 1 aromatic rings. The third-order valence-electron chi connectivity index (χ3n) is 3.26. The number of likely N-dealkylation sites (tertiary alicyclic amines) is 1. The van der Waals surface area contributed by atoms with E-state index in [9.17, 15) is 9.59 Å². The summed E-state index contributed by atoms with van der Waals surface area (Å²) >= 11 is 0. The summed E-state index contributed by atoms with van der Waals surface area (Å²) < 4.78 is 4.68. The third kappa shape index (κ3) is 2.88. The Morgan fingerprint density at radius 2 is 2.11 bits per heavy atom. The lowest BCUT2D eigenvalue weighted by atomic mass is 10.1. The molecule has 0 aromatic heterocycles. The minimum atomic E-state index is -0.293. The lowest BCUT2D eigenvalue weighted by Crippen LogP contribution is -2.28. The number of esters is 1. The molecule has 1 aliphatic heterocycles. The van der Waals surface area contributed by atoms with Crippen molar-refractivity contribution in [1.82, 2.24) is 4.90 Å². The van der Waals surface area contributed by atoms with Crippen LogP contribution in [0.1, 0.15) is 12.0 Å². The van der Waals surface area contributed by atoms with Crippen LogP contribution in [0.15, 0.2) is 30.3 Å². The molecule has 96 valence electrons. The molecular weight excluding hydrogens is 230 g/mol. The molecule has 0 N–H and O–H groups in total. The quantitative estimate of drug-likeness (QED) is 0.752. The maximum absolute atomic E-state index is 11.7. The first-order chi connectivity index (χ1) is 8.70. The Morgan fingerprint density at radius 3 is 2.78 bits per heavy atom. The van der Waals surface area contributed by atoms with Gasteiger partial charge in [-0.05, 0) is 12.0 Å². The summed E-state index contributed by atoms with van der Waals surface area (Å²) in [6.07, 6.45) is 1.10. The summed E-state index contributed by atoms with van der Waals surface area (Å²) in [6, 6.07) is 10.0. The maximum atomic E-state index is 11.7. The number of hydrogen-bond donors (Lipinski definition) is 0. The number of carbonyl (C=O) groups excluding carboxylic acids is 2. The number of carbonyl (C=O) groups is 2. The molecule has 2 rings (SSSR count). The monoisotopic (exact) mass is 247 g/mol. The molecule has 1 aliphatic rings. The number of benzene rings is 1. The minimum absolute atomic E-state index is 0.0429. The van der Waals surface area contributed by atoms with Gasteiger partial charge in [0.25, 0.3) is 0 Å². The van der Waals surface area contributed by atoms with Crippen molar-refractivity contribution in [2.45, 2.75) is 12.8 Å². The van der Waals surface area contributed by atoms with Gasteiger partial charge in [-0.3, -0.25) is 9.59 Å². The van der Waals surface area contributed by atoms with E-state index in [1.54, 1.807) is 4.90 Å². The van der Waals surface area contributed by atoms with E-state index in [1.807, 2.05) is 30.3 Å². The molecule has 18 heavy (non-hydrogen) atoms. The van der Waals surface area contributed by atoms with E-state index in [0.717, 1.165) is 6.42 Å². The number of hydrogen-bond acceptors (Lipinski definition) is 3. The van der Waals surface area contributed by atoms with E-state index in [2.05, 4.69) is 4.74 Å². The fourth-order valence-electron chi connectivity index (χ4n) is 2.22. The van der Waals surface area contributed by atoms with Gasteiger partial charge in [-0.25, -0.2) is 0 Å². The van der Waals surface area contributed by atoms with E-state index in [4.69, 9.17) is 0 Å². The van der Waals surface area contributed by atoms with Crippen LogP contribution in [0.2, 0.25) is 0 Å². The normalized spacial score (nSPS) is 19.1. The van der Waals surface area contributed by atoms with Gasteiger partial charge in [0.1, 0.15) is 0 Å². The number of amides is 1. The van der Waals surface area contributed by atoms with Crippen molar-refractivity contribution in [2.75, 3.05) is 20.2 Å². The largest absolute Gasteiger partial charge is 0.469 e. The predicted molar refractivity (Wildman–Crippen MR) is 66.8 cm³/mol. The molecule has 1 amide bonds. The van der Waals surface area contributed by atoms with Crippen LogP contribution >= 0.6 is 0 Å². The van der Waals surface area contributed by atoms with Crippen molar-refractivity contribution in [1.29, 1.82) is 0 Å². The number of nitrogens with zero attached hydrogens (tertiary/aromatic N) is 1. The molecule has 0 radical (unpaired) electrons. The van der Waals surface area contributed by atoms with Gasteiger partial charge in [0.15, 0.2) is 0 Å². The summed E-state index contributed by atoms with van der Waals surface area (Å²) in [6.45, 7) is 1.15. The highest BCUT2D eigenvalue weighted by molar-refractivity contribution is 5.86. The van der Waals surface area contributed by atoms with Gasteiger partial charge in [-0.15, -0.1) is 0 Å². The Morgan fingerprint density at radius 1 is 1.39 bits per heavy atom. The fourth-order valence-corrected chi connectivity index (χ4v) is 2.22. The van der Waals surface area contributed by atoms with E-state index in [0.29, 0.717) is 13.1 Å². The van der Waals surface area contributed by atoms with Gasteiger partial charge < -0.3 is 9.64 Å². The minimum Gasteiger partial charge on any atom is -0.469 e. The molecule has 0 aliphatic carbocycles. The summed E-state index contributed by atoms with van der Waals surface area (Å²) in [5.41, 5.74) is 1.20. The molecule has 4 heteroatoms. The molecule has 0 spiro atoms. The van der Waals surface area contributed by atoms with Crippen molar-refractivity contribution in [2.24, 2.45) is 5.92 Å². The summed E-state index contributed by atoms with van der Waals surface area (Å²) in [5, 5.41) is 0. The smallest absolute Gasteiger partial charge is 0.310 e. The predicted octanol–water partition coefficient (Wildman–Crippen LogP) is 1.25. The standard InChI is InChI=1S/C14H17NO3/c1-18-14(17)12-9-13(16)15(10-12)8-7-11-5-3-2-4-6-11/h2-6,12H,7-10H2,1H3/t12-/m1/s1. The number of methoxy groups -OCH3 is 1. The van der Waals surface area contributed by atoms with Crippen molar-refractivity contribution >= 4 is 11.9 Å². The first kappa shape index (κ1) is 12.6. The van der Waals surface area contributed by atoms with E-state index >= 15 is 0 Å². The summed E-state index contributed by atoms with van der Waals surface area (Å²) in [4.78, 5) is 24.9. The van der Waals surface area contributed by atoms with Crippen molar-refractivity contribution in [3.05, 3.63) is 35.9 Å². The van der Waals surface area contributed by atoms with Crippen LogP contribution in [-0.4, -0.2) is 37.0 Å². The molecular formula is C14H17NO3. The molecule has 0 bridgehead atoms. The molecule has 1 atom stereocenters. The molecule has 1 saturated heterocycles. The van der Waals surface area contributed by atoms with Crippen LogP contribution in [0.25, 0.3) is 0 Å². The van der Waals surface area contributed by atoms with Gasteiger partial charge in [0.2, 0.25) is 5.91 Å². The van der Waals surface area contributed by atoms with E-state index < -0.39 is 0 Å². The Balaban J connectivity index is 1.87. The van der Waals surface area contributed by atoms with Crippen LogP contribution in [0.4, 0.5) is 0 Å². The Kier molecular flexibility index (Phi) is 3.97. The zero-order valence-electron chi connectivity index (χ0n) is 10.5. The zero-order chi connectivity index (χ0) is 13.0. The highest BCUT2D eigenvalue weighted by Gasteiger charge is 2.34. The van der Waals surface area contributed by atoms with Crippen molar-refractivity contribution < 1.29 is 14.3 Å². The molecule has 0 saturated carbocycles. The molecule has 0 unspecified atom stereocenters. The Labute approximate surface area is 107 Å². The second kappa shape index (κ2) is 5.67. The van der Waals surface area contributed by atoms with Gasteiger partial charge in [0, 0.05) is 19.5 Å². The number of ether oxygens (including phenoxy) is 1. The average molecular weight is 247 g/mol. The maximum Gasteiger partial charge on any atom is 0.310 e. The molecule has 1 aromatic carbocycles. The fraction of sp³-hybridized carbons (Fsp3) is 0.429. The first-order valence-corrected chi connectivity index (χ1v) is 6.10. The van der Waals surface area contributed by atoms with Crippen LogP contribution in [0.5, 0.6) is 0 Å². The van der Waals surface area contributed by atoms with Crippen LogP contribution in [-0.2, 0) is 20.7 Å². The third-order valence-corrected chi connectivity index (χ3v) is 3.26. The van der Waals surface area contributed by atoms with Gasteiger partial charge >= 0.3 is 5.97 Å². The SMILES string of the molecule is COC(=O)[C@@H]1CC(=O)N(CCc2ccccc2)C1. The van der Waals surface area contributed by atoms with Gasteiger partial charge in [-0.2, -0.15) is 0 Å². The molecule has 1 fully saturated rings. The van der Waals surface area contributed by atoms with E-state index in [-0.39, 0.29) is 24.2 Å². The topological polar surface area (TPSA) is 46.6 Å². The Bertz CT molecular complexity index is 430. The van der Waals surface area contributed by atoms with Crippen molar-refractivity contribution in [3.8, 4) is 0 Å². The van der Waals surface area contributed by atoms with Gasteiger partial charge in [0.05, 0.1) is 13.0 Å². The number of rotatable bonds is 4. The highest BCUT2D eigenvalue weighted by atomic mass is 16.5. The Hall–Kier alpha value is -1.84. The molecule has 4 nitrogen and oxygen atoms in total. The van der Waals surface area contributed by atoms with Crippen LogP contribution in [0, 0.1) is 5.92 Å². The first-order valence-electron chi connectivity index (χ1n) is 6.10. The average Bonchev–Trinajstić information content (AvgIpc) is 2.78. The lowest BCUT2D eigenvalue weighted by Gasteiger charge is -2.16. The zero-order valence-corrected chi connectivity index (χ0v) is 10.5. The van der Waals surface area contributed by atoms with E-state index in [1.165, 1.54) is 12.7 Å². The second-order valence-corrected chi connectivity index (χ2v) is 4.50. The molecule has 1 heterocycles. The van der Waals surface area contributed by atoms with Gasteiger partial charge in [-0.1, -0.05) is 30.3 Å². The van der Waals surface area contributed by atoms with Crippen molar-refractivity contribution in [3.63, 3.8) is 0 Å². The van der Waals surface area contributed by atoms with Crippen LogP contribution in [0.3, 0.4) is 0 Å². The second-order valence-electron chi connectivity index (χ2n) is 4.50. The van der Waals surface area contributed by atoms with Crippen LogP contribution < -0.4 is 0 Å². The summed E-state index contributed by atoms with van der Waals surface area (Å²) in [7, 11) is 1.36. The highest BCUT2D eigenvalue weighted by Crippen LogP contribution is 2.19.